The molecular formula is C15H15NO5. The third-order valence-corrected chi connectivity index (χ3v) is 2.76. The van der Waals surface area contributed by atoms with Crippen LogP contribution in [0.1, 0.15) is 15.9 Å². The minimum Gasteiger partial charge on any atom is -0.496 e. The fourth-order valence-electron chi connectivity index (χ4n) is 1.69. The number of methoxy groups -OCH3 is 1. The molecule has 6 heteroatoms. The van der Waals surface area contributed by atoms with Crippen molar-refractivity contribution >= 4 is 11.9 Å². The van der Waals surface area contributed by atoms with Crippen LogP contribution in [0.3, 0.4) is 0 Å². The Kier molecular flexibility index (Phi) is 4.98. The van der Waals surface area contributed by atoms with Crippen molar-refractivity contribution in [3.8, 4) is 5.75 Å². The van der Waals surface area contributed by atoms with Gasteiger partial charge >= 0.3 is 5.97 Å². The summed E-state index contributed by atoms with van der Waals surface area (Å²) in [4.78, 5) is 23.1. The van der Waals surface area contributed by atoms with E-state index in [0.29, 0.717) is 12.3 Å². The van der Waals surface area contributed by atoms with Gasteiger partial charge in [-0.1, -0.05) is 18.2 Å². The molecule has 0 aliphatic rings. The second-order valence-electron chi connectivity index (χ2n) is 4.18. The Morgan fingerprint density at radius 3 is 2.76 bits per heavy atom. The van der Waals surface area contributed by atoms with Gasteiger partial charge in [-0.3, -0.25) is 4.79 Å². The quantitative estimate of drug-likeness (QED) is 0.820. The lowest BCUT2D eigenvalue weighted by atomic mass is 10.2. The molecule has 0 radical (unpaired) electrons. The van der Waals surface area contributed by atoms with E-state index in [-0.39, 0.29) is 12.2 Å². The Bertz CT molecular complexity index is 606. The molecule has 2 aromatic rings. The summed E-state index contributed by atoms with van der Waals surface area (Å²) in [5.41, 5.74) is 1.11. The van der Waals surface area contributed by atoms with E-state index >= 15 is 0 Å². The minimum absolute atomic E-state index is 0.271. The smallest absolute Gasteiger partial charge is 0.341 e. The number of benzene rings is 1. The maximum absolute atomic E-state index is 11.6. The number of para-hydroxylation sites is 1. The summed E-state index contributed by atoms with van der Waals surface area (Å²) in [6, 6.07) is 8.81. The molecule has 0 saturated heterocycles. The van der Waals surface area contributed by atoms with Crippen molar-refractivity contribution in [1.82, 2.24) is 5.32 Å². The summed E-state index contributed by atoms with van der Waals surface area (Å²) in [7, 11) is 1.56. The van der Waals surface area contributed by atoms with Gasteiger partial charge in [0.1, 0.15) is 12.0 Å². The maximum Gasteiger partial charge on any atom is 0.341 e. The SMILES string of the molecule is COc1ccccc1CNC(=O)COC(=O)c1ccoc1. The second kappa shape index (κ2) is 7.14. The van der Waals surface area contributed by atoms with E-state index in [9.17, 15) is 9.59 Å². The Morgan fingerprint density at radius 2 is 2.05 bits per heavy atom. The molecule has 1 heterocycles. The van der Waals surface area contributed by atoms with Crippen molar-refractivity contribution in [2.75, 3.05) is 13.7 Å². The number of nitrogens with one attached hydrogen (secondary N) is 1. The van der Waals surface area contributed by atoms with Gasteiger partial charge in [-0.05, 0) is 12.1 Å². The van der Waals surface area contributed by atoms with Crippen molar-refractivity contribution < 1.29 is 23.5 Å². The van der Waals surface area contributed by atoms with Gasteiger partial charge in [0.2, 0.25) is 0 Å². The van der Waals surface area contributed by atoms with Crippen LogP contribution in [-0.4, -0.2) is 25.6 Å². The third kappa shape index (κ3) is 4.10. The molecule has 2 rings (SSSR count). The van der Waals surface area contributed by atoms with Crippen molar-refractivity contribution in [3.63, 3.8) is 0 Å². The van der Waals surface area contributed by atoms with Crippen molar-refractivity contribution in [3.05, 3.63) is 54.0 Å². The molecule has 0 aliphatic heterocycles. The first kappa shape index (κ1) is 14.6. The molecule has 0 spiro atoms. The summed E-state index contributed by atoms with van der Waals surface area (Å²) in [6.45, 7) is -0.0503. The molecule has 0 atom stereocenters. The monoisotopic (exact) mass is 289 g/mol. The average molecular weight is 289 g/mol. The van der Waals surface area contributed by atoms with E-state index in [1.165, 1.54) is 18.6 Å². The van der Waals surface area contributed by atoms with Gasteiger partial charge in [-0.25, -0.2) is 4.79 Å². The van der Waals surface area contributed by atoms with Gasteiger partial charge in [-0.15, -0.1) is 0 Å². The molecule has 0 bridgehead atoms. The molecule has 0 fully saturated rings. The van der Waals surface area contributed by atoms with Crippen LogP contribution < -0.4 is 10.1 Å². The second-order valence-corrected chi connectivity index (χ2v) is 4.18. The van der Waals surface area contributed by atoms with Crippen LogP contribution in [0.4, 0.5) is 0 Å². The fraction of sp³-hybridized carbons (Fsp3) is 0.200. The molecule has 6 nitrogen and oxygen atoms in total. The van der Waals surface area contributed by atoms with Gasteiger partial charge in [-0.2, -0.15) is 0 Å². The highest BCUT2D eigenvalue weighted by Gasteiger charge is 2.11. The number of carbonyl (C=O) groups excluding carboxylic acids is 2. The maximum atomic E-state index is 11.6. The lowest BCUT2D eigenvalue weighted by Crippen LogP contribution is -2.28. The zero-order valence-corrected chi connectivity index (χ0v) is 11.5. The van der Waals surface area contributed by atoms with Gasteiger partial charge in [0, 0.05) is 12.1 Å². The number of esters is 1. The summed E-state index contributed by atoms with van der Waals surface area (Å²) >= 11 is 0. The van der Waals surface area contributed by atoms with Crippen molar-refractivity contribution in [1.29, 1.82) is 0 Å². The summed E-state index contributed by atoms with van der Waals surface area (Å²) < 4.78 is 14.8. The lowest BCUT2D eigenvalue weighted by Gasteiger charge is -2.09. The summed E-state index contributed by atoms with van der Waals surface area (Å²) in [5.74, 6) is -0.304. The van der Waals surface area contributed by atoms with E-state index in [4.69, 9.17) is 13.9 Å². The van der Waals surface area contributed by atoms with Crippen LogP contribution in [0.2, 0.25) is 0 Å². The van der Waals surface area contributed by atoms with Gasteiger partial charge in [0.05, 0.1) is 18.9 Å². The van der Waals surface area contributed by atoms with Gasteiger partial charge < -0.3 is 19.2 Å². The summed E-state index contributed by atoms with van der Waals surface area (Å²) in [6.07, 6.45) is 2.62. The first-order valence-electron chi connectivity index (χ1n) is 6.28. The topological polar surface area (TPSA) is 77.8 Å². The van der Waals surface area contributed by atoms with Crippen LogP contribution in [0.25, 0.3) is 0 Å². The van der Waals surface area contributed by atoms with E-state index in [0.717, 1.165) is 5.56 Å². The number of ether oxygens (including phenoxy) is 2. The predicted octanol–water partition coefficient (Wildman–Crippen LogP) is 1.76. The zero-order valence-electron chi connectivity index (χ0n) is 11.5. The number of hydrogen-bond acceptors (Lipinski definition) is 5. The number of furan rings is 1. The molecule has 0 aliphatic carbocycles. The van der Waals surface area contributed by atoms with Crippen LogP contribution in [0, 0.1) is 0 Å². The molecule has 1 amide bonds. The Hall–Kier alpha value is -2.76. The highest BCUT2D eigenvalue weighted by atomic mass is 16.5. The molecule has 0 unspecified atom stereocenters. The van der Waals surface area contributed by atoms with Crippen molar-refractivity contribution in [2.24, 2.45) is 0 Å². The highest BCUT2D eigenvalue weighted by Crippen LogP contribution is 2.16. The molecule has 110 valence electrons. The normalized spacial score (nSPS) is 9.95. The van der Waals surface area contributed by atoms with E-state index in [1.807, 2.05) is 18.2 Å². The number of hydrogen-bond donors (Lipinski definition) is 1. The first-order valence-corrected chi connectivity index (χ1v) is 6.28. The number of amides is 1. The fourth-order valence-corrected chi connectivity index (χ4v) is 1.69. The zero-order chi connectivity index (χ0) is 15.1. The molecule has 1 N–H and O–H groups in total. The molecule has 21 heavy (non-hydrogen) atoms. The van der Waals surface area contributed by atoms with Crippen LogP contribution >= 0.6 is 0 Å². The van der Waals surface area contributed by atoms with Crippen LogP contribution in [0.15, 0.2) is 47.3 Å². The molecule has 1 aromatic carbocycles. The Balaban J connectivity index is 1.78. The van der Waals surface area contributed by atoms with Gasteiger partial charge in [0.25, 0.3) is 5.91 Å². The molecule has 0 saturated carbocycles. The van der Waals surface area contributed by atoms with E-state index < -0.39 is 11.9 Å². The third-order valence-electron chi connectivity index (χ3n) is 2.76. The Labute approximate surface area is 121 Å². The average Bonchev–Trinajstić information content (AvgIpc) is 3.05. The Morgan fingerprint density at radius 1 is 1.24 bits per heavy atom. The van der Waals surface area contributed by atoms with Crippen molar-refractivity contribution in [2.45, 2.75) is 6.54 Å². The molecule has 1 aromatic heterocycles. The number of rotatable bonds is 6. The highest BCUT2D eigenvalue weighted by molar-refractivity contribution is 5.90. The number of carbonyl (C=O) groups is 2. The van der Waals surface area contributed by atoms with Crippen LogP contribution in [-0.2, 0) is 16.1 Å². The lowest BCUT2D eigenvalue weighted by molar-refractivity contribution is -0.124. The summed E-state index contributed by atoms with van der Waals surface area (Å²) in [5, 5.41) is 2.65. The van der Waals surface area contributed by atoms with E-state index in [1.54, 1.807) is 13.2 Å². The first-order chi connectivity index (χ1) is 10.2. The minimum atomic E-state index is -0.601. The molecular weight excluding hydrogens is 274 g/mol. The van der Waals surface area contributed by atoms with E-state index in [2.05, 4.69) is 5.32 Å². The standard InChI is InChI=1S/C15H15NO5/c1-19-13-5-3-2-4-11(13)8-16-14(17)10-21-15(18)12-6-7-20-9-12/h2-7,9H,8,10H2,1H3,(H,16,17). The van der Waals surface area contributed by atoms with Gasteiger partial charge in [0.15, 0.2) is 6.61 Å². The largest absolute Gasteiger partial charge is 0.496 e. The van der Waals surface area contributed by atoms with Crippen LogP contribution in [0.5, 0.6) is 5.75 Å². The predicted molar refractivity (Wildman–Crippen MR) is 73.8 cm³/mol.